The molecule has 1 fully saturated rings. The summed E-state index contributed by atoms with van der Waals surface area (Å²) in [6.45, 7) is 7.08. The molecule has 0 saturated carbocycles. The largest absolute Gasteiger partial charge is 0.382 e. The first-order valence-corrected chi connectivity index (χ1v) is 7.75. The van der Waals surface area contributed by atoms with Crippen LogP contribution in [-0.4, -0.2) is 47.0 Å². The first kappa shape index (κ1) is 15.8. The summed E-state index contributed by atoms with van der Waals surface area (Å²) in [6.07, 6.45) is 3.05. The lowest BCUT2D eigenvalue weighted by atomic mass is 9.95. The molecule has 0 aromatic carbocycles. The smallest absolute Gasteiger partial charge is 0.225 e. The topological polar surface area (TPSA) is 75.4 Å². The third kappa shape index (κ3) is 3.37. The zero-order valence-corrected chi connectivity index (χ0v) is 13.3. The van der Waals surface area contributed by atoms with E-state index in [1.807, 2.05) is 18.7 Å². The summed E-state index contributed by atoms with van der Waals surface area (Å²) in [7, 11) is 0. The lowest BCUT2D eigenvalue weighted by Crippen LogP contribution is -2.42. The average molecular weight is 312 g/mol. The Hall–Kier alpha value is -1.56. The van der Waals surface area contributed by atoms with Gasteiger partial charge in [0.05, 0.1) is 0 Å². The second-order valence-corrected chi connectivity index (χ2v) is 5.55. The zero-order valence-electron chi connectivity index (χ0n) is 12.5. The highest BCUT2D eigenvalue weighted by Gasteiger charge is 2.29. The van der Waals surface area contributed by atoms with E-state index < -0.39 is 0 Å². The van der Waals surface area contributed by atoms with Crippen LogP contribution in [0.5, 0.6) is 0 Å². The molecule has 0 unspecified atom stereocenters. The summed E-state index contributed by atoms with van der Waals surface area (Å²) < 4.78 is 0. The molecule has 1 amide bonds. The van der Waals surface area contributed by atoms with Crippen molar-refractivity contribution in [3.8, 4) is 0 Å². The van der Waals surface area contributed by atoms with Gasteiger partial charge >= 0.3 is 0 Å². The second kappa shape index (κ2) is 6.93. The van der Waals surface area contributed by atoms with Crippen molar-refractivity contribution >= 4 is 29.1 Å². The molecule has 1 aliphatic heterocycles. The summed E-state index contributed by atoms with van der Waals surface area (Å²) in [6, 6.07) is 0. The van der Waals surface area contributed by atoms with Gasteiger partial charge in [0, 0.05) is 32.1 Å². The van der Waals surface area contributed by atoms with Gasteiger partial charge in [0.15, 0.2) is 5.82 Å². The minimum absolute atomic E-state index is 0.0964. The van der Waals surface area contributed by atoms with Crippen LogP contribution < -0.4 is 10.6 Å². The Morgan fingerprint density at radius 2 is 2.00 bits per heavy atom. The van der Waals surface area contributed by atoms with E-state index >= 15 is 0 Å². The van der Waals surface area contributed by atoms with Crippen LogP contribution in [0.2, 0.25) is 5.02 Å². The Balaban J connectivity index is 2.00. The molecule has 1 saturated heterocycles. The maximum atomic E-state index is 12.4. The summed E-state index contributed by atoms with van der Waals surface area (Å²) >= 11 is 6.15. The van der Waals surface area contributed by atoms with E-state index in [4.69, 9.17) is 17.3 Å². The number of hydrogen-bond donors (Lipinski definition) is 1. The lowest BCUT2D eigenvalue weighted by Gasteiger charge is -2.34. The fourth-order valence-corrected chi connectivity index (χ4v) is 2.94. The van der Waals surface area contributed by atoms with Crippen LogP contribution in [0.15, 0.2) is 6.33 Å². The van der Waals surface area contributed by atoms with Crippen LogP contribution in [0.25, 0.3) is 0 Å². The Morgan fingerprint density at radius 3 is 2.57 bits per heavy atom. The molecule has 7 heteroatoms. The summed E-state index contributed by atoms with van der Waals surface area (Å²) in [5.74, 6) is 1.31. The molecule has 6 nitrogen and oxygen atoms in total. The van der Waals surface area contributed by atoms with Crippen LogP contribution in [0.4, 0.5) is 11.6 Å². The highest BCUT2D eigenvalue weighted by Crippen LogP contribution is 2.30. The van der Waals surface area contributed by atoms with Gasteiger partial charge in [-0.3, -0.25) is 4.79 Å². The van der Waals surface area contributed by atoms with Crippen molar-refractivity contribution in [2.75, 3.05) is 36.8 Å². The first-order chi connectivity index (χ1) is 10.1. The number of piperidine rings is 1. The predicted molar refractivity (Wildman–Crippen MR) is 84.3 cm³/mol. The Bertz CT molecular complexity index is 498. The van der Waals surface area contributed by atoms with E-state index in [0.717, 1.165) is 39.0 Å². The molecule has 1 aliphatic rings. The van der Waals surface area contributed by atoms with E-state index in [2.05, 4.69) is 14.9 Å². The van der Waals surface area contributed by atoms with Gasteiger partial charge in [-0.1, -0.05) is 11.6 Å². The molecule has 0 atom stereocenters. The first-order valence-electron chi connectivity index (χ1n) is 7.38. The van der Waals surface area contributed by atoms with Gasteiger partial charge < -0.3 is 15.5 Å². The number of rotatable bonds is 4. The molecule has 2 N–H and O–H groups in total. The number of amides is 1. The lowest BCUT2D eigenvalue weighted by molar-refractivity contribution is -0.135. The third-order valence-corrected chi connectivity index (χ3v) is 4.38. The zero-order chi connectivity index (χ0) is 15.4. The Kier molecular flexibility index (Phi) is 5.22. The maximum Gasteiger partial charge on any atom is 0.225 e. The van der Waals surface area contributed by atoms with Crippen LogP contribution in [0.1, 0.15) is 26.7 Å². The van der Waals surface area contributed by atoms with Crippen molar-refractivity contribution in [3.63, 3.8) is 0 Å². The number of halogens is 1. The molecule has 0 spiro atoms. The van der Waals surface area contributed by atoms with Crippen molar-refractivity contribution in [1.29, 1.82) is 0 Å². The van der Waals surface area contributed by atoms with E-state index in [0.29, 0.717) is 16.7 Å². The molecular formula is C14H22ClN5O. The fraction of sp³-hybridized carbons (Fsp3) is 0.643. The number of anilines is 2. The van der Waals surface area contributed by atoms with Crippen molar-refractivity contribution in [2.24, 2.45) is 5.92 Å². The maximum absolute atomic E-state index is 12.4. The minimum atomic E-state index is 0.0964. The van der Waals surface area contributed by atoms with Gasteiger partial charge in [-0.05, 0) is 26.7 Å². The number of nitrogens with two attached hydrogens (primary N) is 1. The van der Waals surface area contributed by atoms with Crippen LogP contribution >= 0.6 is 11.6 Å². The fourth-order valence-electron chi connectivity index (χ4n) is 2.73. The van der Waals surface area contributed by atoms with Crippen molar-refractivity contribution in [1.82, 2.24) is 14.9 Å². The minimum Gasteiger partial charge on any atom is -0.382 e. The highest BCUT2D eigenvalue weighted by molar-refractivity contribution is 6.35. The Labute approximate surface area is 130 Å². The number of hydrogen-bond acceptors (Lipinski definition) is 5. The van der Waals surface area contributed by atoms with Gasteiger partial charge in [0.2, 0.25) is 5.91 Å². The molecule has 2 heterocycles. The van der Waals surface area contributed by atoms with Crippen LogP contribution in [0, 0.1) is 5.92 Å². The number of nitrogens with zero attached hydrogens (tertiary/aromatic N) is 4. The van der Waals surface area contributed by atoms with Gasteiger partial charge in [-0.2, -0.15) is 0 Å². The van der Waals surface area contributed by atoms with E-state index in [1.54, 1.807) is 0 Å². The SMILES string of the molecule is CCN(CC)C(=O)C1CCN(c2ncnc(N)c2Cl)CC1. The highest BCUT2D eigenvalue weighted by atomic mass is 35.5. The van der Waals surface area contributed by atoms with Gasteiger partial charge in [0.1, 0.15) is 17.2 Å². The number of carbonyl (C=O) groups excluding carboxylic acids is 1. The van der Waals surface area contributed by atoms with Gasteiger partial charge in [-0.25, -0.2) is 9.97 Å². The van der Waals surface area contributed by atoms with E-state index in [1.165, 1.54) is 6.33 Å². The average Bonchev–Trinajstić information content (AvgIpc) is 2.51. The van der Waals surface area contributed by atoms with Crippen molar-refractivity contribution in [2.45, 2.75) is 26.7 Å². The van der Waals surface area contributed by atoms with Crippen molar-refractivity contribution < 1.29 is 4.79 Å². The second-order valence-electron chi connectivity index (χ2n) is 5.17. The van der Waals surface area contributed by atoms with E-state index in [-0.39, 0.29) is 11.8 Å². The third-order valence-electron chi connectivity index (χ3n) is 4.02. The molecule has 1 aromatic rings. The normalized spacial score (nSPS) is 16.0. The van der Waals surface area contributed by atoms with Crippen molar-refractivity contribution in [3.05, 3.63) is 11.3 Å². The summed E-state index contributed by atoms with van der Waals surface area (Å²) in [5, 5.41) is 0.394. The number of aromatic nitrogens is 2. The molecule has 21 heavy (non-hydrogen) atoms. The molecule has 0 radical (unpaired) electrons. The van der Waals surface area contributed by atoms with Crippen LogP contribution in [0.3, 0.4) is 0 Å². The van der Waals surface area contributed by atoms with Gasteiger partial charge in [0.25, 0.3) is 0 Å². The number of nitrogen functional groups attached to an aromatic ring is 1. The molecule has 0 bridgehead atoms. The standard InChI is InChI=1S/C14H22ClN5O/c1-3-19(4-2)14(21)10-5-7-20(8-6-10)13-11(15)12(16)17-9-18-13/h9-10H,3-8H2,1-2H3,(H2,16,17,18). The summed E-state index contributed by atoms with van der Waals surface area (Å²) in [5.41, 5.74) is 5.71. The molecule has 116 valence electrons. The monoisotopic (exact) mass is 311 g/mol. The quantitative estimate of drug-likeness (QED) is 0.917. The predicted octanol–water partition coefficient (Wildman–Crippen LogP) is 1.80. The molecular weight excluding hydrogens is 290 g/mol. The number of carbonyl (C=O) groups is 1. The van der Waals surface area contributed by atoms with Crippen LogP contribution in [-0.2, 0) is 4.79 Å². The Morgan fingerprint density at radius 1 is 1.38 bits per heavy atom. The molecule has 2 rings (SSSR count). The molecule has 1 aromatic heterocycles. The van der Waals surface area contributed by atoms with Gasteiger partial charge in [-0.15, -0.1) is 0 Å². The summed E-state index contributed by atoms with van der Waals surface area (Å²) in [4.78, 5) is 24.4. The van der Waals surface area contributed by atoms with E-state index in [9.17, 15) is 4.79 Å². The molecule has 0 aliphatic carbocycles.